The van der Waals surface area contributed by atoms with Gasteiger partial charge in [-0.25, -0.2) is 4.79 Å². The van der Waals surface area contributed by atoms with Gasteiger partial charge in [-0.2, -0.15) is 5.26 Å². The highest BCUT2D eigenvalue weighted by Crippen LogP contribution is 2.19. The summed E-state index contributed by atoms with van der Waals surface area (Å²) in [6, 6.07) is 16.9. The van der Waals surface area contributed by atoms with E-state index in [1.54, 1.807) is 22.8 Å². The Morgan fingerprint density at radius 2 is 1.79 bits per heavy atom. The Bertz CT molecular complexity index is 1320. The molecule has 1 aliphatic rings. The van der Waals surface area contributed by atoms with Gasteiger partial charge < -0.3 is 5.73 Å². The molecule has 3 aromatic rings. The van der Waals surface area contributed by atoms with Crippen LogP contribution in [0.4, 0.5) is 0 Å². The maximum Gasteiger partial charge on any atom is 0.331 e. The van der Waals surface area contributed by atoms with Gasteiger partial charge in [0.05, 0.1) is 23.7 Å². The normalized spacial score (nSPS) is 13.4. The summed E-state index contributed by atoms with van der Waals surface area (Å²) in [6.07, 6.45) is 2.23. The van der Waals surface area contributed by atoms with Gasteiger partial charge in [-0.1, -0.05) is 35.9 Å². The molecule has 34 heavy (non-hydrogen) atoms. The molecule has 0 atom stereocenters. The first kappa shape index (κ1) is 24.0. The van der Waals surface area contributed by atoms with Gasteiger partial charge in [-0.05, 0) is 54.8 Å². The van der Waals surface area contributed by atoms with Crippen molar-refractivity contribution in [1.29, 1.82) is 5.26 Å². The lowest BCUT2D eigenvalue weighted by atomic mass is 10.0. The summed E-state index contributed by atoms with van der Waals surface area (Å²) >= 11 is 6.00. The summed E-state index contributed by atoms with van der Waals surface area (Å²) in [5.41, 5.74) is 9.16. The third kappa shape index (κ3) is 5.31. The Kier molecular flexibility index (Phi) is 7.63. The monoisotopic (exact) mass is 477 g/mol. The second-order valence-corrected chi connectivity index (χ2v) is 9.08. The quantitative estimate of drug-likeness (QED) is 0.503. The van der Waals surface area contributed by atoms with Crippen molar-refractivity contribution in [3.05, 3.63) is 102 Å². The first-order chi connectivity index (χ1) is 16.5. The van der Waals surface area contributed by atoms with Crippen LogP contribution >= 0.6 is 11.6 Å². The van der Waals surface area contributed by atoms with Crippen molar-refractivity contribution >= 4 is 11.6 Å². The van der Waals surface area contributed by atoms with Gasteiger partial charge in [0.1, 0.15) is 0 Å². The largest absolute Gasteiger partial charge is 0.331 e. The molecule has 0 fully saturated rings. The van der Waals surface area contributed by atoms with E-state index in [9.17, 15) is 14.9 Å². The first-order valence-corrected chi connectivity index (χ1v) is 11.9. The third-order valence-electron chi connectivity index (χ3n) is 6.24. The van der Waals surface area contributed by atoms with Crippen LogP contribution in [0.15, 0.2) is 58.1 Å². The first-order valence-electron chi connectivity index (χ1n) is 11.5. The number of aromatic nitrogens is 2. The minimum atomic E-state index is -0.272. The molecule has 0 spiro atoms. The van der Waals surface area contributed by atoms with Crippen LogP contribution < -0.4 is 17.0 Å². The molecule has 0 bridgehead atoms. The number of hydrogen-bond donors (Lipinski definition) is 1. The number of rotatable bonds is 8. The number of halogens is 1. The average molecular weight is 478 g/mol. The van der Waals surface area contributed by atoms with Crippen molar-refractivity contribution < 1.29 is 0 Å². The van der Waals surface area contributed by atoms with Gasteiger partial charge in [0.2, 0.25) is 0 Å². The van der Waals surface area contributed by atoms with E-state index < -0.39 is 0 Å². The second-order valence-electron chi connectivity index (χ2n) is 8.65. The molecule has 176 valence electrons. The molecule has 0 saturated carbocycles. The van der Waals surface area contributed by atoms with Gasteiger partial charge in [-0.3, -0.25) is 18.8 Å². The molecule has 4 rings (SSSR count). The molecule has 0 radical (unpaired) electrons. The molecular weight excluding hydrogens is 450 g/mol. The lowest BCUT2D eigenvalue weighted by Gasteiger charge is -2.30. The Balaban J connectivity index is 1.69. The fraction of sp³-hybridized carbons (Fsp3) is 0.346. The van der Waals surface area contributed by atoms with Crippen LogP contribution in [0.25, 0.3) is 0 Å². The molecule has 1 aromatic heterocycles. The summed E-state index contributed by atoms with van der Waals surface area (Å²) in [4.78, 5) is 29.1. The van der Waals surface area contributed by atoms with E-state index in [1.165, 1.54) is 4.57 Å². The molecule has 0 aliphatic carbocycles. The molecule has 0 amide bonds. The fourth-order valence-electron chi connectivity index (χ4n) is 4.50. The van der Waals surface area contributed by atoms with Crippen molar-refractivity contribution in [2.24, 2.45) is 5.73 Å². The molecule has 7 nitrogen and oxygen atoms in total. The zero-order chi connectivity index (χ0) is 24.1. The zero-order valence-corrected chi connectivity index (χ0v) is 19.8. The van der Waals surface area contributed by atoms with E-state index in [1.807, 2.05) is 30.3 Å². The number of nitrogens with two attached hydrogens (primary N) is 1. The average Bonchev–Trinajstić information content (AvgIpc) is 2.85. The Morgan fingerprint density at radius 1 is 1.00 bits per heavy atom. The number of benzene rings is 2. The topological polar surface area (TPSA) is 97.0 Å². The van der Waals surface area contributed by atoms with Crippen molar-refractivity contribution in [2.45, 2.75) is 45.4 Å². The van der Waals surface area contributed by atoms with Gasteiger partial charge >= 0.3 is 5.69 Å². The maximum atomic E-state index is 13.5. The Morgan fingerprint density at radius 3 is 2.53 bits per heavy atom. The highest BCUT2D eigenvalue weighted by atomic mass is 35.5. The lowest BCUT2D eigenvalue weighted by Crippen LogP contribution is -2.47. The molecule has 8 heteroatoms. The van der Waals surface area contributed by atoms with Crippen molar-refractivity contribution in [2.75, 3.05) is 13.1 Å². The fourth-order valence-corrected chi connectivity index (χ4v) is 4.62. The van der Waals surface area contributed by atoms with Crippen molar-refractivity contribution in [3.8, 4) is 6.07 Å². The predicted molar refractivity (Wildman–Crippen MR) is 133 cm³/mol. The van der Waals surface area contributed by atoms with Crippen LogP contribution in [0.5, 0.6) is 0 Å². The van der Waals surface area contributed by atoms with Crippen LogP contribution in [-0.2, 0) is 32.6 Å². The van der Waals surface area contributed by atoms with Crippen molar-refractivity contribution in [1.82, 2.24) is 14.0 Å². The number of fused-ring (bicyclic) bond motifs is 1. The summed E-state index contributed by atoms with van der Waals surface area (Å²) in [5.74, 6) is 0. The van der Waals surface area contributed by atoms with Crippen LogP contribution in [0, 0.1) is 11.3 Å². The van der Waals surface area contributed by atoms with E-state index in [0.29, 0.717) is 48.7 Å². The summed E-state index contributed by atoms with van der Waals surface area (Å²) in [5, 5.41) is 9.80. The predicted octanol–water partition coefficient (Wildman–Crippen LogP) is 2.88. The van der Waals surface area contributed by atoms with Crippen LogP contribution in [0.1, 0.15) is 40.8 Å². The number of nitriles is 1. The smallest absolute Gasteiger partial charge is 0.330 e. The van der Waals surface area contributed by atoms with Gasteiger partial charge in [0.15, 0.2) is 0 Å². The van der Waals surface area contributed by atoms with E-state index >= 15 is 0 Å². The summed E-state index contributed by atoms with van der Waals surface area (Å²) in [6.45, 7) is 3.14. The number of hydrogen-bond acceptors (Lipinski definition) is 5. The van der Waals surface area contributed by atoms with E-state index in [4.69, 9.17) is 17.3 Å². The summed E-state index contributed by atoms with van der Waals surface area (Å²) < 4.78 is 3.11. The maximum absolute atomic E-state index is 13.5. The van der Waals surface area contributed by atoms with E-state index in [2.05, 4.69) is 11.0 Å². The van der Waals surface area contributed by atoms with Crippen LogP contribution in [-0.4, -0.2) is 27.1 Å². The molecule has 0 saturated heterocycles. The molecule has 2 heterocycles. The van der Waals surface area contributed by atoms with E-state index in [-0.39, 0.29) is 17.8 Å². The minimum absolute atomic E-state index is 0.198. The van der Waals surface area contributed by atoms with Gasteiger partial charge in [0, 0.05) is 43.3 Å². The SMILES string of the molecule is N#Cc1cccc(CN2CCc3c(c(=O)n(Cc4ccc(Cl)cc4)c(=O)n3CCCCN)C2)c1. The summed E-state index contributed by atoms with van der Waals surface area (Å²) in [7, 11) is 0. The number of nitrogens with zero attached hydrogens (tertiary/aromatic N) is 4. The van der Waals surface area contributed by atoms with Gasteiger partial charge in [-0.15, -0.1) is 0 Å². The zero-order valence-electron chi connectivity index (χ0n) is 19.0. The number of unbranched alkanes of at least 4 members (excludes halogenated alkanes) is 1. The molecular formula is C26H28ClN5O2. The highest BCUT2D eigenvalue weighted by Gasteiger charge is 2.25. The van der Waals surface area contributed by atoms with Crippen LogP contribution in [0.3, 0.4) is 0 Å². The molecule has 2 aromatic carbocycles. The third-order valence-corrected chi connectivity index (χ3v) is 6.49. The van der Waals surface area contributed by atoms with Crippen LogP contribution in [0.2, 0.25) is 5.02 Å². The van der Waals surface area contributed by atoms with Gasteiger partial charge in [0.25, 0.3) is 5.56 Å². The second kappa shape index (κ2) is 10.8. The molecule has 0 unspecified atom stereocenters. The molecule has 1 aliphatic heterocycles. The van der Waals surface area contributed by atoms with Crippen molar-refractivity contribution in [3.63, 3.8) is 0 Å². The van der Waals surface area contributed by atoms with E-state index in [0.717, 1.165) is 36.2 Å². The lowest BCUT2D eigenvalue weighted by molar-refractivity contribution is 0.235. The minimum Gasteiger partial charge on any atom is -0.330 e. The standard InChI is InChI=1S/C26H28ClN5O2/c27-22-8-6-19(7-9-22)17-32-25(33)23-18-30(16-21-5-3-4-20(14-21)15-29)13-10-24(23)31(26(32)34)12-2-1-11-28/h3-9,14H,1-2,10-13,16-18,28H2. The Labute approximate surface area is 203 Å². The Hall–Kier alpha value is -3.18. The highest BCUT2D eigenvalue weighted by molar-refractivity contribution is 6.30. The molecule has 2 N–H and O–H groups in total.